The Hall–Kier alpha value is -3.84. The van der Waals surface area contributed by atoms with Crippen molar-refractivity contribution in [2.75, 3.05) is 37.7 Å². The molecule has 3 aromatic carbocycles. The van der Waals surface area contributed by atoms with E-state index in [9.17, 15) is 13.9 Å². The van der Waals surface area contributed by atoms with Crippen LogP contribution in [-0.4, -0.2) is 71.6 Å². The van der Waals surface area contributed by atoms with Crippen molar-refractivity contribution >= 4 is 27.4 Å². The van der Waals surface area contributed by atoms with Crippen LogP contribution in [0.3, 0.4) is 0 Å². The zero-order chi connectivity index (χ0) is 32.8. The number of ether oxygens (including phenoxy) is 1. The number of nitrogens with one attached hydrogen (secondary N) is 1. The Balaban J connectivity index is 1.35. The lowest BCUT2D eigenvalue weighted by Gasteiger charge is -2.37. The van der Waals surface area contributed by atoms with Crippen LogP contribution in [-0.2, 0) is 6.18 Å². The van der Waals surface area contributed by atoms with Crippen LogP contribution in [0.5, 0.6) is 11.6 Å². The fraction of sp³-hybridized carbons (Fsp3) is 0.441. The normalized spacial score (nSPS) is 26.1. The van der Waals surface area contributed by atoms with E-state index in [1.165, 1.54) is 24.3 Å². The maximum Gasteiger partial charge on any atom is 0.423 e. The highest BCUT2D eigenvalue weighted by Gasteiger charge is 2.50. The van der Waals surface area contributed by atoms with Gasteiger partial charge in [-0.15, -0.1) is 0 Å². The molecule has 2 bridgehead atoms. The molecule has 4 aromatic rings. The van der Waals surface area contributed by atoms with Crippen LogP contribution in [0.1, 0.15) is 37.7 Å². The summed E-state index contributed by atoms with van der Waals surface area (Å²) in [6.07, 6.45) is -3.12. The molecule has 0 radical (unpaired) electrons. The van der Waals surface area contributed by atoms with Crippen molar-refractivity contribution in [1.29, 1.82) is 0 Å². The van der Waals surface area contributed by atoms with Crippen LogP contribution >= 0.6 is 0 Å². The zero-order valence-electron chi connectivity index (χ0n) is 25.1. The number of piperazine rings is 1. The Morgan fingerprint density at radius 1 is 0.979 bits per heavy atom. The Labute approximate surface area is 265 Å². The molecular weight excluding hydrogens is 629 g/mol. The van der Waals surface area contributed by atoms with E-state index < -0.39 is 52.3 Å². The molecular formula is C34H31F7N4O2. The summed E-state index contributed by atoms with van der Waals surface area (Å²) >= 11 is 0. The minimum atomic E-state index is -4.95. The molecule has 1 aromatic heterocycles. The SMILES string of the molecule is Oc1cc(-c2ccc3c(N4C[C@H]5CC[C@@H](C4)N5)c(C(F)(F)F)c(OC[C@@]45CCCN4C[C@H](F)C5)nc3c2F)c2c(F)c(F)ccc2c1. The van der Waals surface area contributed by atoms with E-state index in [2.05, 4.69) is 10.3 Å². The number of hydrogen-bond donors (Lipinski definition) is 2. The van der Waals surface area contributed by atoms with E-state index in [4.69, 9.17) is 4.74 Å². The number of pyridine rings is 1. The summed E-state index contributed by atoms with van der Waals surface area (Å²) in [5.41, 5.74) is -3.13. The molecule has 0 spiro atoms. The van der Waals surface area contributed by atoms with Gasteiger partial charge in [-0.05, 0) is 67.4 Å². The second kappa shape index (κ2) is 10.8. The number of phenolic OH excluding ortho intramolecular Hbond substituents is 1. The highest BCUT2D eigenvalue weighted by molar-refractivity contribution is 6.03. The number of nitrogens with zero attached hydrogens (tertiary/aromatic N) is 3. The van der Waals surface area contributed by atoms with E-state index in [-0.39, 0.29) is 83.5 Å². The maximum absolute atomic E-state index is 16.8. The van der Waals surface area contributed by atoms with E-state index >= 15 is 22.0 Å². The summed E-state index contributed by atoms with van der Waals surface area (Å²) in [7, 11) is 0. The first kappa shape index (κ1) is 30.5. The largest absolute Gasteiger partial charge is 0.508 e. The second-order valence-corrected chi connectivity index (χ2v) is 13.3. The molecule has 47 heavy (non-hydrogen) atoms. The molecule has 5 heterocycles. The Morgan fingerprint density at radius 2 is 1.74 bits per heavy atom. The van der Waals surface area contributed by atoms with Crippen molar-refractivity contribution in [1.82, 2.24) is 15.2 Å². The van der Waals surface area contributed by atoms with Crippen molar-refractivity contribution in [3.05, 3.63) is 59.4 Å². The monoisotopic (exact) mass is 660 g/mol. The lowest BCUT2D eigenvalue weighted by atomic mass is 9.94. The molecule has 0 amide bonds. The molecule has 8 rings (SSSR count). The minimum Gasteiger partial charge on any atom is -0.508 e. The van der Waals surface area contributed by atoms with E-state index in [0.717, 1.165) is 31.4 Å². The van der Waals surface area contributed by atoms with Crippen molar-refractivity contribution < 1.29 is 40.6 Å². The van der Waals surface area contributed by atoms with Gasteiger partial charge < -0.3 is 20.1 Å². The third kappa shape index (κ3) is 4.95. The molecule has 6 nitrogen and oxygen atoms in total. The summed E-state index contributed by atoms with van der Waals surface area (Å²) in [4.78, 5) is 7.67. The average molecular weight is 661 g/mol. The van der Waals surface area contributed by atoms with Crippen molar-refractivity contribution in [3.8, 4) is 22.8 Å². The second-order valence-electron chi connectivity index (χ2n) is 13.3. The lowest BCUT2D eigenvalue weighted by molar-refractivity contribution is -0.139. The number of fused-ring (bicyclic) bond motifs is 5. The van der Waals surface area contributed by atoms with E-state index in [0.29, 0.717) is 13.0 Å². The summed E-state index contributed by atoms with van der Waals surface area (Å²) in [6.45, 7) is 0.991. The zero-order valence-corrected chi connectivity index (χ0v) is 25.1. The molecule has 13 heteroatoms. The van der Waals surface area contributed by atoms with Crippen LogP contribution in [0.4, 0.5) is 36.4 Å². The van der Waals surface area contributed by atoms with Crippen LogP contribution in [0.2, 0.25) is 0 Å². The van der Waals surface area contributed by atoms with Crippen LogP contribution in [0, 0.1) is 17.5 Å². The van der Waals surface area contributed by atoms with Gasteiger partial charge in [0.2, 0.25) is 5.88 Å². The smallest absolute Gasteiger partial charge is 0.423 e. The number of phenols is 1. The predicted octanol–water partition coefficient (Wildman–Crippen LogP) is 7.09. The van der Waals surface area contributed by atoms with Gasteiger partial charge in [0, 0.05) is 54.5 Å². The van der Waals surface area contributed by atoms with Crippen LogP contribution < -0.4 is 15.0 Å². The van der Waals surface area contributed by atoms with Crippen LogP contribution in [0.15, 0.2) is 36.4 Å². The van der Waals surface area contributed by atoms with Gasteiger partial charge in [-0.25, -0.2) is 22.5 Å². The van der Waals surface area contributed by atoms with Gasteiger partial charge in [-0.1, -0.05) is 12.1 Å². The Kier molecular flexibility index (Phi) is 7.03. The average Bonchev–Trinajstić information content (AvgIpc) is 3.66. The molecule has 4 fully saturated rings. The number of alkyl halides is 4. The van der Waals surface area contributed by atoms with Gasteiger partial charge in [0.25, 0.3) is 0 Å². The van der Waals surface area contributed by atoms with Gasteiger partial charge in [0.05, 0.1) is 11.2 Å². The number of hydrogen-bond acceptors (Lipinski definition) is 6. The van der Waals surface area contributed by atoms with Gasteiger partial charge >= 0.3 is 6.18 Å². The molecule has 0 aliphatic carbocycles. The number of anilines is 1. The first-order chi connectivity index (χ1) is 22.4. The maximum atomic E-state index is 16.8. The van der Waals surface area contributed by atoms with Gasteiger partial charge in [-0.3, -0.25) is 4.90 Å². The molecule has 4 aliphatic rings. The number of rotatable bonds is 5. The number of aromatic hydroxyl groups is 1. The summed E-state index contributed by atoms with van der Waals surface area (Å²) in [5, 5.41) is 13.5. The number of benzene rings is 3. The molecule has 4 atom stereocenters. The van der Waals surface area contributed by atoms with Crippen molar-refractivity contribution in [3.63, 3.8) is 0 Å². The summed E-state index contributed by atoms with van der Waals surface area (Å²) in [6, 6.07) is 6.78. The fourth-order valence-electron chi connectivity index (χ4n) is 8.38. The highest BCUT2D eigenvalue weighted by Crippen LogP contribution is 2.49. The number of halogens is 7. The predicted molar refractivity (Wildman–Crippen MR) is 162 cm³/mol. The molecule has 0 saturated carbocycles. The molecule has 4 aliphatic heterocycles. The molecule has 4 saturated heterocycles. The van der Waals surface area contributed by atoms with Crippen LogP contribution in [0.25, 0.3) is 32.8 Å². The van der Waals surface area contributed by atoms with Crippen molar-refractivity contribution in [2.24, 2.45) is 0 Å². The summed E-state index contributed by atoms with van der Waals surface area (Å²) in [5.74, 6) is -4.69. The quantitative estimate of drug-likeness (QED) is 0.223. The Bertz CT molecular complexity index is 1910. The van der Waals surface area contributed by atoms with Crippen molar-refractivity contribution in [2.45, 2.75) is 62.1 Å². The topological polar surface area (TPSA) is 60.9 Å². The van der Waals surface area contributed by atoms with Gasteiger partial charge in [0.15, 0.2) is 17.5 Å². The van der Waals surface area contributed by atoms with E-state index in [1.54, 1.807) is 4.90 Å². The minimum absolute atomic E-state index is 0.0611. The first-order valence-electron chi connectivity index (χ1n) is 15.8. The van der Waals surface area contributed by atoms with E-state index in [1.807, 2.05) is 4.90 Å². The Morgan fingerprint density at radius 3 is 2.49 bits per heavy atom. The molecule has 248 valence electrons. The summed E-state index contributed by atoms with van der Waals surface area (Å²) < 4.78 is 112. The van der Waals surface area contributed by atoms with Gasteiger partial charge in [0.1, 0.15) is 29.6 Å². The number of aromatic nitrogens is 1. The first-order valence-corrected chi connectivity index (χ1v) is 15.8. The molecule has 2 N–H and O–H groups in total. The molecule has 0 unspecified atom stereocenters. The third-order valence-electron chi connectivity index (χ3n) is 10.4. The highest BCUT2D eigenvalue weighted by atomic mass is 19.4. The fourth-order valence-corrected chi connectivity index (χ4v) is 8.38. The third-order valence-corrected chi connectivity index (χ3v) is 10.4. The van der Waals surface area contributed by atoms with Gasteiger partial charge in [-0.2, -0.15) is 13.2 Å². The standard InChI is InChI=1S/C34H31F7N4O2/c35-18-12-33(8-1-9-45(33)13-18)16-47-32-27(34(39,40)41)31(44-14-19-3-4-20(15-44)42-19)23-6-5-22(28(37)30(23)43-32)24-11-21(46)10-17-2-7-25(36)29(38)26(17)24/h2,5-7,10-11,18-20,42,46H,1,3-4,8-9,12-16H2/t18-,19-,20+,33+/m1/s1. The lowest BCUT2D eigenvalue weighted by Crippen LogP contribution is -2.51.